The van der Waals surface area contributed by atoms with Crippen molar-refractivity contribution in [2.24, 2.45) is 4.99 Å². The van der Waals surface area contributed by atoms with Gasteiger partial charge in [-0.2, -0.15) is 0 Å². The molecular formula is C20H38IN7. The summed E-state index contributed by atoms with van der Waals surface area (Å²) in [5.41, 5.74) is 0. The lowest BCUT2D eigenvalue weighted by Gasteiger charge is -2.36. The Hall–Kier alpha value is -1.16. The number of nitrogens with zero attached hydrogens (tertiary/aromatic N) is 6. The lowest BCUT2D eigenvalue weighted by atomic mass is 10.3. The van der Waals surface area contributed by atoms with Gasteiger partial charge in [0, 0.05) is 51.7 Å². The van der Waals surface area contributed by atoms with Gasteiger partial charge in [0.05, 0.1) is 0 Å². The SMILES string of the molecule is CCCN(CCC)CCCN=C(NCC)N1CCN(c2ncccn2)CC1.I. The molecule has 0 amide bonds. The van der Waals surface area contributed by atoms with Gasteiger partial charge in [-0.15, -0.1) is 24.0 Å². The van der Waals surface area contributed by atoms with Gasteiger partial charge < -0.3 is 20.0 Å². The van der Waals surface area contributed by atoms with Crippen LogP contribution >= 0.6 is 24.0 Å². The van der Waals surface area contributed by atoms with Gasteiger partial charge in [-0.05, 0) is 51.9 Å². The minimum atomic E-state index is 0. The zero-order valence-electron chi connectivity index (χ0n) is 17.8. The molecule has 7 nitrogen and oxygen atoms in total. The fourth-order valence-corrected chi connectivity index (χ4v) is 3.45. The van der Waals surface area contributed by atoms with E-state index >= 15 is 0 Å². The number of hydrogen-bond donors (Lipinski definition) is 1. The van der Waals surface area contributed by atoms with Crippen LogP contribution in [0.2, 0.25) is 0 Å². The molecule has 1 aliphatic heterocycles. The van der Waals surface area contributed by atoms with Gasteiger partial charge in [-0.3, -0.25) is 4.99 Å². The largest absolute Gasteiger partial charge is 0.357 e. The minimum Gasteiger partial charge on any atom is -0.357 e. The van der Waals surface area contributed by atoms with E-state index in [1.54, 1.807) is 12.4 Å². The van der Waals surface area contributed by atoms with Crippen molar-refractivity contribution in [1.82, 2.24) is 25.1 Å². The molecule has 1 aromatic rings. The molecule has 0 spiro atoms. The van der Waals surface area contributed by atoms with Crippen molar-refractivity contribution in [2.45, 2.75) is 40.0 Å². The fourth-order valence-electron chi connectivity index (χ4n) is 3.45. The Morgan fingerprint density at radius 1 is 1.04 bits per heavy atom. The number of guanidine groups is 1. The molecule has 0 aliphatic carbocycles. The highest BCUT2D eigenvalue weighted by molar-refractivity contribution is 14.0. The molecule has 160 valence electrons. The van der Waals surface area contributed by atoms with Crippen molar-refractivity contribution in [2.75, 3.05) is 63.8 Å². The Kier molecular flexibility index (Phi) is 13.1. The summed E-state index contributed by atoms with van der Waals surface area (Å²) in [6, 6.07) is 1.86. The van der Waals surface area contributed by atoms with Gasteiger partial charge in [-0.1, -0.05) is 13.8 Å². The molecule has 0 aromatic carbocycles. The number of piperazine rings is 1. The van der Waals surface area contributed by atoms with Gasteiger partial charge in [0.25, 0.3) is 0 Å². The molecular weight excluding hydrogens is 465 g/mol. The van der Waals surface area contributed by atoms with E-state index in [4.69, 9.17) is 4.99 Å². The molecule has 0 radical (unpaired) electrons. The predicted octanol–water partition coefficient (Wildman–Crippen LogP) is 2.69. The van der Waals surface area contributed by atoms with Crippen LogP contribution in [0.4, 0.5) is 5.95 Å². The van der Waals surface area contributed by atoms with Crippen molar-refractivity contribution in [1.29, 1.82) is 0 Å². The van der Waals surface area contributed by atoms with E-state index in [1.165, 1.54) is 25.9 Å². The van der Waals surface area contributed by atoms with Crippen LogP contribution in [0.25, 0.3) is 0 Å². The normalized spacial score (nSPS) is 14.9. The van der Waals surface area contributed by atoms with E-state index in [-0.39, 0.29) is 24.0 Å². The number of aromatic nitrogens is 2. The second-order valence-corrected chi connectivity index (χ2v) is 6.95. The average Bonchev–Trinajstić information content (AvgIpc) is 2.71. The molecule has 1 fully saturated rings. The third-order valence-corrected chi connectivity index (χ3v) is 4.72. The zero-order valence-corrected chi connectivity index (χ0v) is 20.1. The van der Waals surface area contributed by atoms with Crippen LogP contribution in [0.15, 0.2) is 23.5 Å². The molecule has 0 bridgehead atoms. The second kappa shape index (κ2) is 14.8. The van der Waals surface area contributed by atoms with E-state index < -0.39 is 0 Å². The first-order valence-electron chi connectivity index (χ1n) is 10.6. The van der Waals surface area contributed by atoms with Crippen molar-refractivity contribution in [3.05, 3.63) is 18.5 Å². The standard InChI is InChI=1S/C20H37N7.HI/c1-4-12-25(13-5-2)14-8-11-24-19(21-6-3)26-15-17-27(18-16-26)20-22-9-7-10-23-20;/h7,9-10H,4-6,8,11-18H2,1-3H3,(H,21,24);1H. The lowest BCUT2D eigenvalue weighted by Crippen LogP contribution is -2.53. The van der Waals surface area contributed by atoms with E-state index in [0.29, 0.717) is 0 Å². The maximum absolute atomic E-state index is 4.88. The number of rotatable bonds is 10. The number of hydrogen-bond acceptors (Lipinski definition) is 5. The first kappa shape index (κ1) is 24.9. The maximum atomic E-state index is 4.88. The zero-order chi connectivity index (χ0) is 19.3. The number of aliphatic imine (C=N–C) groups is 1. The molecule has 8 heteroatoms. The molecule has 0 unspecified atom stereocenters. The minimum absolute atomic E-state index is 0. The summed E-state index contributed by atoms with van der Waals surface area (Å²) in [6.45, 7) is 15.7. The van der Waals surface area contributed by atoms with Crippen molar-refractivity contribution in [3.8, 4) is 0 Å². The Balaban J connectivity index is 0.00000392. The van der Waals surface area contributed by atoms with E-state index in [9.17, 15) is 0 Å². The number of halogens is 1. The Morgan fingerprint density at radius 2 is 1.68 bits per heavy atom. The van der Waals surface area contributed by atoms with Crippen LogP contribution in [0.1, 0.15) is 40.0 Å². The molecule has 28 heavy (non-hydrogen) atoms. The Morgan fingerprint density at radius 3 is 2.25 bits per heavy atom. The van der Waals surface area contributed by atoms with Crippen LogP contribution in [0.3, 0.4) is 0 Å². The number of nitrogens with one attached hydrogen (secondary N) is 1. The third kappa shape index (κ3) is 8.46. The van der Waals surface area contributed by atoms with Crippen LogP contribution in [0, 0.1) is 0 Å². The van der Waals surface area contributed by atoms with Gasteiger partial charge >= 0.3 is 0 Å². The summed E-state index contributed by atoms with van der Waals surface area (Å²) in [5.74, 6) is 1.87. The van der Waals surface area contributed by atoms with Crippen molar-refractivity contribution >= 4 is 35.9 Å². The van der Waals surface area contributed by atoms with Gasteiger partial charge in [0.1, 0.15) is 0 Å². The molecule has 1 saturated heterocycles. The fraction of sp³-hybridized carbons (Fsp3) is 0.750. The molecule has 2 rings (SSSR count). The van der Waals surface area contributed by atoms with E-state index in [0.717, 1.165) is 64.1 Å². The Bertz CT molecular complexity index is 527. The first-order chi connectivity index (χ1) is 13.3. The van der Waals surface area contributed by atoms with Gasteiger partial charge in [0.2, 0.25) is 5.95 Å². The maximum Gasteiger partial charge on any atom is 0.225 e. The lowest BCUT2D eigenvalue weighted by molar-refractivity contribution is 0.273. The highest BCUT2D eigenvalue weighted by atomic mass is 127. The average molecular weight is 503 g/mol. The Labute approximate surface area is 188 Å². The molecule has 1 aromatic heterocycles. The summed E-state index contributed by atoms with van der Waals surface area (Å²) in [7, 11) is 0. The molecule has 2 heterocycles. The van der Waals surface area contributed by atoms with Crippen molar-refractivity contribution in [3.63, 3.8) is 0 Å². The highest BCUT2D eigenvalue weighted by Gasteiger charge is 2.20. The van der Waals surface area contributed by atoms with E-state index in [2.05, 4.69) is 50.8 Å². The quantitative estimate of drug-likeness (QED) is 0.229. The van der Waals surface area contributed by atoms with Gasteiger partial charge in [-0.25, -0.2) is 9.97 Å². The summed E-state index contributed by atoms with van der Waals surface area (Å²) in [4.78, 5) is 20.8. The summed E-state index contributed by atoms with van der Waals surface area (Å²) < 4.78 is 0. The van der Waals surface area contributed by atoms with Crippen LogP contribution < -0.4 is 10.2 Å². The summed E-state index contributed by atoms with van der Waals surface area (Å²) >= 11 is 0. The van der Waals surface area contributed by atoms with E-state index in [1.807, 2.05) is 6.07 Å². The highest BCUT2D eigenvalue weighted by Crippen LogP contribution is 2.10. The van der Waals surface area contributed by atoms with Gasteiger partial charge in [0.15, 0.2) is 5.96 Å². The van der Waals surface area contributed by atoms with Crippen LogP contribution in [0.5, 0.6) is 0 Å². The molecule has 0 saturated carbocycles. The monoisotopic (exact) mass is 503 g/mol. The molecule has 1 N–H and O–H groups in total. The number of anilines is 1. The van der Waals surface area contributed by atoms with Crippen LogP contribution in [-0.4, -0.2) is 84.6 Å². The summed E-state index contributed by atoms with van der Waals surface area (Å²) in [6.07, 6.45) is 7.18. The topological polar surface area (TPSA) is 59.9 Å². The second-order valence-electron chi connectivity index (χ2n) is 6.95. The van der Waals surface area contributed by atoms with Crippen LogP contribution in [-0.2, 0) is 0 Å². The van der Waals surface area contributed by atoms with Crippen molar-refractivity contribution < 1.29 is 0 Å². The first-order valence-corrected chi connectivity index (χ1v) is 10.6. The smallest absolute Gasteiger partial charge is 0.225 e. The molecule has 0 atom stereocenters. The predicted molar refractivity (Wildman–Crippen MR) is 129 cm³/mol. The summed E-state index contributed by atoms with van der Waals surface area (Å²) in [5, 5.41) is 3.46. The molecule has 1 aliphatic rings. The third-order valence-electron chi connectivity index (χ3n) is 4.72.